The average Bonchev–Trinajstić information content (AvgIpc) is 2.57. The van der Waals surface area contributed by atoms with Gasteiger partial charge >= 0.3 is 5.97 Å². The smallest absolute Gasteiger partial charge is 0.308 e. The fourth-order valence-corrected chi connectivity index (χ4v) is 2.33. The first-order valence-corrected chi connectivity index (χ1v) is 7.52. The molecular formula is C16H16ClN3O4. The number of hydrogen-bond donors (Lipinski definition) is 1. The number of ether oxygens (including phenoxy) is 1. The van der Waals surface area contributed by atoms with Gasteiger partial charge in [-0.2, -0.15) is 0 Å². The molecule has 8 heteroatoms. The maximum Gasteiger partial charge on any atom is 0.308 e. The second-order valence-electron chi connectivity index (χ2n) is 5.23. The summed E-state index contributed by atoms with van der Waals surface area (Å²) in [6.45, 7) is 1.80. The molecule has 24 heavy (non-hydrogen) atoms. The number of nitrogens with one attached hydrogen (secondary N) is 1. The van der Waals surface area contributed by atoms with Gasteiger partial charge in [-0.25, -0.2) is 4.98 Å². The summed E-state index contributed by atoms with van der Waals surface area (Å²) in [5.41, 5.74) is 1.55. The third kappa shape index (κ3) is 4.42. The van der Waals surface area contributed by atoms with Crippen molar-refractivity contribution in [2.75, 3.05) is 12.4 Å². The zero-order valence-corrected chi connectivity index (χ0v) is 13.9. The largest absolute Gasteiger partial charge is 0.469 e. The highest BCUT2D eigenvalue weighted by molar-refractivity contribution is 6.33. The molecule has 7 nitrogen and oxygen atoms in total. The Morgan fingerprint density at radius 2 is 2.08 bits per heavy atom. The molecule has 2 rings (SSSR count). The molecule has 1 atom stereocenters. The molecule has 2 aromatic rings. The number of hydrogen-bond acceptors (Lipinski definition) is 6. The number of pyridine rings is 1. The van der Waals surface area contributed by atoms with E-state index in [-0.39, 0.29) is 22.6 Å². The molecule has 1 N–H and O–H groups in total. The fraction of sp³-hybridized carbons (Fsp3) is 0.250. The Labute approximate surface area is 143 Å². The molecule has 0 spiro atoms. The molecule has 0 saturated carbocycles. The van der Waals surface area contributed by atoms with E-state index in [4.69, 9.17) is 16.3 Å². The molecule has 0 amide bonds. The van der Waals surface area contributed by atoms with Crippen LogP contribution in [0.5, 0.6) is 0 Å². The summed E-state index contributed by atoms with van der Waals surface area (Å²) < 4.78 is 4.70. The van der Waals surface area contributed by atoms with Crippen LogP contribution in [0.2, 0.25) is 5.02 Å². The van der Waals surface area contributed by atoms with Gasteiger partial charge in [-0.15, -0.1) is 0 Å². The van der Waals surface area contributed by atoms with Crippen molar-refractivity contribution >= 4 is 34.8 Å². The standard InChI is InChI=1S/C16H16ClN3O4/c1-10(16(21)24-2)7-11-3-5-12(6-4-11)19-15-14(17)8-13(9-18-15)20(22)23/h3-6,8-10H,7H2,1-2H3,(H,18,19). The molecule has 0 aliphatic heterocycles. The normalized spacial score (nSPS) is 11.6. The minimum absolute atomic E-state index is 0.160. The lowest BCUT2D eigenvalue weighted by Crippen LogP contribution is -2.15. The van der Waals surface area contributed by atoms with E-state index in [2.05, 4.69) is 10.3 Å². The summed E-state index contributed by atoms with van der Waals surface area (Å²) in [5, 5.41) is 13.8. The number of carbonyl (C=O) groups excluding carboxylic acids is 1. The monoisotopic (exact) mass is 349 g/mol. The average molecular weight is 350 g/mol. The predicted octanol–water partition coefficient (Wildman–Crippen LogP) is 3.74. The molecule has 1 heterocycles. The van der Waals surface area contributed by atoms with E-state index in [1.165, 1.54) is 13.2 Å². The van der Waals surface area contributed by atoms with Crippen LogP contribution in [0.25, 0.3) is 0 Å². The second-order valence-corrected chi connectivity index (χ2v) is 5.64. The zero-order valence-electron chi connectivity index (χ0n) is 13.2. The highest BCUT2D eigenvalue weighted by Gasteiger charge is 2.14. The van der Waals surface area contributed by atoms with Gasteiger partial charge in [0.1, 0.15) is 12.0 Å². The van der Waals surface area contributed by atoms with Gasteiger partial charge in [-0.05, 0) is 24.1 Å². The molecule has 0 radical (unpaired) electrons. The first-order valence-electron chi connectivity index (χ1n) is 7.14. The van der Waals surface area contributed by atoms with E-state index >= 15 is 0 Å². The SMILES string of the molecule is COC(=O)C(C)Cc1ccc(Nc2ncc([N+](=O)[O-])cc2Cl)cc1. The van der Waals surface area contributed by atoms with Crippen molar-refractivity contribution in [2.24, 2.45) is 5.92 Å². The number of halogens is 1. The van der Waals surface area contributed by atoms with Crippen LogP contribution >= 0.6 is 11.6 Å². The number of esters is 1. The van der Waals surface area contributed by atoms with Gasteiger partial charge in [0.25, 0.3) is 5.69 Å². The van der Waals surface area contributed by atoms with E-state index in [0.29, 0.717) is 12.2 Å². The second kappa shape index (κ2) is 7.74. The number of aromatic nitrogens is 1. The summed E-state index contributed by atoms with van der Waals surface area (Å²) >= 11 is 5.99. The van der Waals surface area contributed by atoms with Gasteiger partial charge in [0.05, 0.1) is 23.0 Å². The number of methoxy groups -OCH3 is 1. The molecule has 126 valence electrons. The lowest BCUT2D eigenvalue weighted by atomic mass is 10.0. The summed E-state index contributed by atoms with van der Waals surface area (Å²) in [5.74, 6) is -0.142. The summed E-state index contributed by atoms with van der Waals surface area (Å²) in [6.07, 6.45) is 1.71. The summed E-state index contributed by atoms with van der Waals surface area (Å²) in [4.78, 5) is 25.5. The highest BCUT2D eigenvalue weighted by atomic mass is 35.5. The van der Waals surface area contributed by atoms with Crippen molar-refractivity contribution < 1.29 is 14.5 Å². The van der Waals surface area contributed by atoms with E-state index in [1.807, 2.05) is 24.3 Å². The quantitative estimate of drug-likeness (QED) is 0.485. The Morgan fingerprint density at radius 1 is 1.42 bits per heavy atom. The fourth-order valence-electron chi connectivity index (χ4n) is 2.12. The van der Waals surface area contributed by atoms with Gasteiger partial charge in [-0.1, -0.05) is 30.7 Å². The van der Waals surface area contributed by atoms with Gasteiger partial charge in [0.2, 0.25) is 0 Å². The third-order valence-corrected chi connectivity index (χ3v) is 3.69. The van der Waals surface area contributed by atoms with Gasteiger partial charge in [0, 0.05) is 11.8 Å². The highest BCUT2D eigenvalue weighted by Crippen LogP contribution is 2.27. The summed E-state index contributed by atoms with van der Waals surface area (Å²) in [7, 11) is 1.37. The number of nitro groups is 1. The molecule has 1 aromatic carbocycles. The number of benzene rings is 1. The van der Waals surface area contributed by atoms with E-state index < -0.39 is 4.92 Å². The maximum absolute atomic E-state index is 11.4. The molecule has 1 aromatic heterocycles. The van der Waals surface area contributed by atoms with Crippen LogP contribution in [-0.4, -0.2) is 23.0 Å². The lowest BCUT2D eigenvalue weighted by Gasteiger charge is -2.11. The van der Waals surface area contributed by atoms with Crippen LogP contribution < -0.4 is 5.32 Å². The van der Waals surface area contributed by atoms with Gasteiger partial charge in [-0.3, -0.25) is 14.9 Å². The van der Waals surface area contributed by atoms with E-state index in [1.54, 1.807) is 6.92 Å². The van der Waals surface area contributed by atoms with Gasteiger partial charge in [0.15, 0.2) is 0 Å². The summed E-state index contributed by atoms with van der Waals surface area (Å²) in [6, 6.07) is 8.63. The number of rotatable bonds is 6. The van der Waals surface area contributed by atoms with E-state index in [9.17, 15) is 14.9 Å². The molecule has 0 bridgehead atoms. The Morgan fingerprint density at radius 3 is 2.62 bits per heavy atom. The van der Waals surface area contributed by atoms with Crippen LogP contribution in [0.15, 0.2) is 36.5 Å². The first-order chi connectivity index (χ1) is 11.4. The number of anilines is 2. The van der Waals surface area contributed by atoms with Crippen molar-refractivity contribution in [3.63, 3.8) is 0 Å². The Hall–Kier alpha value is -2.67. The van der Waals surface area contributed by atoms with Crippen molar-refractivity contribution in [2.45, 2.75) is 13.3 Å². The molecule has 0 fully saturated rings. The van der Waals surface area contributed by atoms with Crippen molar-refractivity contribution in [3.05, 3.63) is 57.2 Å². The Kier molecular flexibility index (Phi) is 5.70. The van der Waals surface area contributed by atoms with Crippen molar-refractivity contribution in [1.29, 1.82) is 0 Å². The van der Waals surface area contributed by atoms with Crippen LogP contribution in [-0.2, 0) is 16.0 Å². The van der Waals surface area contributed by atoms with Crippen LogP contribution in [0.1, 0.15) is 12.5 Å². The molecular weight excluding hydrogens is 334 g/mol. The lowest BCUT2D eigenvalue weighted by molar-refractivity contribution is -0.385. The number of carbonyl (C=O) groups is 1. The van der Waals surface area contributed by atoms with Gasteiger partial charge < -0.3 is 10.1 Å². The maximum atomic E-state index is 11.4. The minimum Gasteiger partial charge on any atom is -0.469 e. The molecule has 0 aliphatic carbocycles. The first kappa shape index (κ1) is 17.7. The topological polar surface area (TPSA) is 94.4 Å². The van der Waals surface area contributed by atoms with Crippen LogP contribution in [0, 0.1) is 16.0 Å². The van der Waals surface area contributed by atoms with E-state index in [0.717, 1.165) is 17.4 Å². The Bertz CT molecular complexity index is 749. The minimum atomic E-state index is -0.556. The third-order valence-electron chi connectivity index (χ3n) is 3.40. The Balaban J connectivity index is 2.06. The predicted molar refractivity (Wildman–Crippen MR) is 90.5 cm³/mol. The van der Waals surface area contributed by atoms with Crippen LogP contribution in [0.3, 0.4) is 0 Å². The molecule has 1 unspecified atom stereocenters. The number of nitrogens with zero attached hydrogens (tertiary/aromatic N) is 2. The van der Waals surface area contributed by atoms with Crippen molar-refractivity contribution in [3.8, 4) is 0 Å². The molecule has 0 aliphatic rings. The van der Waals surface area contributed by atoms with Crippen LogP contribution in [0.4, 0.5) is 17.2 Å². The van der Waals surface area contributed by atoms with Crippen molar-refractivity contribution in [1.82, 2.24) is 4.98 Å². The zero-order chi connectivity index (χ0) is 17.7. The molecule has 0 saturated heterocycles.